The zero-order chi connectivity index (χ0) is 24.1. The molecule has 0 amide bonds. The Kier molecular flexibility index (Phi) is 6.78. The normalized spacial score (nSPS) is 27.9. The van der Waals surface area contributed by atoms with Gasteiger partial charge in [0.05, 0.1) is 20.8 Å². The molecule has 180 valence electrons. The number of nitrogens with two attached hydrogens (primary N) is 1. The highest BCUT2D eigenvalue weighted by Crippen LogP contribution is 2.60. The number of H-pyrrole nitrogens is 1. The summed E-state index contributed by atoms with van der Waals surface area (Å²) >= 11 is 0. The Morgan fingerprint density at radius 3 is 2.44 bits per heavy atom. The lowest BCUT2D eigenvalue weighted by molar-refractivity contribution is -0.339. The van der Waals surface area contributed by atoms with Gasteiger partial charge in [0.1, 0.15) is 29.6 Å². The highest BCUT2D eigenvalue weighted by molar-refractivity contribution is 7.64. The van der Waals surface area contributed by atoms with Gasteiger partial charge in [-0.15, -0.1) is 0 Å². The summed E-state index contributed by atoms with van der Waals surface area (Å²) in [4.78, 5) is 64.6. The largest absolute Gasteiger partial charge is 0.790 e. The zero-order valence-corrected chi connectivity index (χ0v) is 17.8. The zero-order valence-electron chi connectivity index (χ0n) is 15.1. The summed E-state index contributed by atoms with van der Waals surface area (Å²) in [6, 6.07) is 0. The molecule has 1 aliphatic rings. The van der Waals surface area contributed by atoms with Crippen molar-refractivity contribution >= 4 is 40.4 Å². The van der Waals surface area contributed by atoms with Crippen LogP contribution in [0.1, 0.15) is 6.23 Å². The van der Waals surface area contributed by atoms with E-state index in [-0.39, 0.29) is 17.0 Å². The van der Waals surface area contributed by atoms with Crippen LogP contribution in [-0.4, -0.2) is 54.7 Å². The van der Waals surface area contributed by atoms with Gasteiger partial charge in [0.25, 0.3) is 15.6 Å². The van der Waals surface area contributed by atoms with E-state index in [0.717, 1.165) is 10.9 Å². The predicted molar refractivity (Wildman–Crippen MR) is 89.4 cm³/mol. The molecule has 6 atom stereocenters. The molecule has 0 bridgehead atoms. The topological polar surface area (TPSA) is 310 Å². The number of hydrogen-bond acceptors (Lipinski definition) is 17. The van der Waals surface area contributed by atoms with Gasteiger partial charge >= 0.3 is 5.69 Å². The number of rotatable bonds is 8. The van der Waals surface area contributed by atoms with Crippen molar-refractivity contribution < 1.29 is 61.4 Å². The molecule has 0 spiro atoms. The molecule has 2 unspecified atom stereocenters. The van der Waals surface area contributed by atoms with Crippen LogP contribution in [0.4, 0.5) is 5.82 Å². The van der Waals surface area contributed by atoms with E-state index in [1.807, 2.05) is 0 Å². The predicted octanol–water partition coefficient (Wildman–Crippen LogP) is -4.86. The number of ether oxygens (including phenoxy) is 1. The highest BCUT2D eigenvalue weighted by Gasteiger charge is 2.45. The molecule has 22 heteroatoms. The maximum atomic E-state index is 11.6. The number of nitrogen functional groups attached to an aromatic ring is 1. The molecule has 0 radical (unpaired) electrons. The van der Waals surface area contributed by atoms with E-state index in [4.69, 9.17) is 10.5 Å². The van der Waals surface area contributed by atoms with Crippen LogP contribution in [0.5, 0.6) is 0 Å². The summed E-state index contributed by atoms with van der Waals surface area (Å²) in [5.74, 6) is -0.152. The number of imidazole rings is 1. The van der Waals surface area contributed by atoms with Gasteiger partial charge in [-0.2, -0.15) is 4.98 Å². The number of phosphoric ester groups is 1. The van der Waals surface area contributed by atoms with Crippen LogP contribution in [0.15, 0.2) is 11.1 Å². The van der Waals surface area contributed by atoms with Crippen LogP contribution in [0, 0.1) is 0 Å². The summed E-state index contributed by atoms with van der Waals surface area (Å²) in [6.45, 7) is -1.13. The number of nitrogens with one attached hydrogen (secondary N) is 1. The smallest absolute Gasteiger partial charge is 0.348 e. The molecule has 3 heterocycles. The standard InChI is InChI=1S/C10H16N5O14P3/c11-7-4-8(14-10(18)13-7)15(2-12-4)9-6(17)5(16)3(27-9)1-26-31(22,23)29-32(24,25)28-30(19,20)21/h2-3,5-6,9,16-17H,1H2,(H,22,23)(H,24,25)(H2,19,20,21)(H3,11,13,14,18)/p-4/t3-,5-,6-,9-/m1/s1. The number of hydrogen-bond donors (Lipinski definition) is 4. The average molecular weight is 519 g/mol. The number of aliphatic hydroxyl groups excluding tert-OH is 2. The second kappa shape index (κ2) is 8.66. The fraction of sp³-hybridized carbons (Fsp3) is 0.500. The Labute approximate surface area is 175 Å². The molecular formula is C10H12N5O14P3-4. The van der Waals surface area contributed by atoms with Crippen LogP contribution in [0.3, 0.4) is 0 Å². The summed E-state index contributed by atoms with van der Waals surface area (Å²) in [5.41, 5.74) is 4.61. The van der Waals surface area contributed by atoms with Crippen molar-refractivity contribution in [1.82, 2.24) is 19.5 Å². The minimum atomic E-state index is -6.17. The van der Waals surface area contributed by atoms with Gasteiger partial charge in [-0.05, 0) is 0 Å². The molecule has 5 N–H and O–H groups in total. The molecule has 19 nitrogen and oxygen atoms in total. The van der Waals surface area contributed by atoms with Crippen LogP contribution >= 0.6 is 23.5 Å². The molecular weight excluding hydrogens is 507 g/mol. The second-order valence-corrected chi connectivity index (χ2v) is 10.4. The van der Waals surface area contributed by atoms with E-state index < -0.39 is 60.3 Å². The van der Waals surface area contributed by atoms with Crippen molar-refractivity contribution in [2.45, 2.75) is 24.5 Å². The number of aromatic nitrogens is 4. The van der Waals surface area contributed by atoms with Gasteiger partial charge in [-0.3, -0.25) is 23.0 Å². The number of phosphoric acid groups is 3. The minimum absolute atomic E-state index is 0.0206. The van der Waals surface area contributed by atoms with Crippen molar-refractivity contribution in [2.24, 2.45) is 0 Å². The maximum absolute atomic E-state index is 11.6. The molecule has 32 heavy (non-hydrogen) atoms. The third-order valence-corrected chi connectivity index (χ3v) is 7.55. The Balaban J connectivity index is 1.72. The van der Waals surface area contributed by atoms with E-state index in [1.54, 1.807) is 0 Å². The monoisotopic (exact) mass is 519 g/mol. The lowest BCUT2D eigenvalue weighted by Crippen LogP contribution is -2.34. The van der Waals surface area contributed by atoms with E-state index in [2.05, 4.69) is 28.1 Å². The molecule has 1 aliphatic heterocycles. The molecule has 0 saturated carbocycles. The van der Waals surface area contributed by atoms with Crippen LogP contribution in [0.25, 0.3) is 11.2 Å². The molecule has 3 rings (SSSR count). The van der Waals surface area contributed by atoms with Gasteiger partial charge in [0.2, 0.25) is 0 Å². The van der Waals surface area contributed by atoms with Gasteiger partial charge in [-0.25, -0.2) is 14.1 Å². The lowest BCUT2D eigenvalue weighted by Gasteiger charge is -2.37. The summed E-state index contributed by atoms with van der Waals surface area (Å²) in [5, 5.41) is 20.3. The first kappa shape index (κ1) is 25.1. The number of aromatic amines is 1. The fourth-order valence-corrected chi connectivity index (χ4v) is 5.55. The number of nitrogens with zero attached hydrogens (tertiary/aromatic N) is 3. The van der Waals surface area contributed by atoms with Gasteiger partial charge < -0.3 is 49.3 Å². The quantitative estimate of drug-likeness (QED) is 0.237. The van der Waals surface area contributed by atoms with Gasteiger partial charge in [0.15, 0.2) is 11.9 Å². The SMILES string of the molecule is Nc1[nH]c(=O)nc2c1ncn2[C@@H]1O[C@H](COP(=O)([O-])OP(=O)([O-])OP(=O)([O-])[O-])[C@@H](O)[C@H]1O. The molecule has 0 aliphatic carbocycles. The first-order chi connectivity index (χ1) is 14.6. The Morgan fingerprint density at radius 1 is 1.16 bits per heavy atom. The van der Waals surface area contributed by atoms with Crippen molar-refractivity contribution in [2.75, 3.05) is 12.3 Å². The summed E-state index contributed by atoms with van der Waals surface area (Å²) < 4.78 is 50.0. The average Bonchev–Trinajstić information content (AvgIpc) is 3.12. The Hall–Kier alpha value is -1.56. The summed E-state index contributed by atoms with van der Waals surface area (Å²) in [6.07, 6.45) is -5.58. The van der Waals surface area contributed by atoms with Crippen LogP contribution < -0.4 is 31.0 Å². The van der Waals surface area contributed by atoms with Crippen molar-refractivity contribution in [3.05, 3.63) is 16.8 Å². The van der Waals surface area contributed by atoms with Crippen molar-refractivity contribution in [3.63, 3.8) is 0 Å². The first-order valence-corrected chi connectivity index (χ1v) is 12.4. The molecule has 0 aromatic carbocycles. The van der Waals surface area contributed by atoms with Crippen molar-refractivity contribution in [1.29, 1.82) is 0 Å². The number of fused-ring (bicyclic) bond motifs is 1. The maximum Gasteiger partial charge on any atom is 0.348 e. The van der Waals surface area contributed by atoms with E-state index in [9.17, 15) is 48.3 Å². The van der Waals surface area contributed by atoms with Crippen molar-refractivity contribution in [3.8, 4) is 0 Å². The van der Waals surface area contributed by atoms with Gasteiger partial charge in [-0.1, -0.05) is 0 Å². The third-order valence-electron chi connectivity index (χ3n) is 3.88. The summed E-state index contributed by atoms with van der Waals surface area (Å²) in [7, 11) is -18.2. The Morgan fingerprint density at radius 2 is 1.81 bits per heavy atom. The minimum Gasteiger partial charge on any atom is -0.790 e. The lowest BCUT2D eigenvalue weighted by atomic mass is 10.1. The molecule has 2 aromatic heterocycles. The Bertz CT molecular complexity index is 1210. The molecule has 1 fully saturated rings. The van der Waals surface area contributed by atoms with E-state index in [0.29, 0.717) is 0 Å². The van der Waals surface area contributed by atoms with Crippen LogP contribution in [-0.2, 0) is 31.6 Å². The van der Waals surface area contributed by atoms with E-state index >= 15 is 0 Å². The number of anilines is 1. The molecule has 2 aromatic rings. The second-order valence-electron chi connectivity index (χ2n) is 6.13. The van der Waals surface area contributed by atoms with Crippen LogP contribution in [0.2, 0.25) is 0 Å². The number of aliphatic hydroxyl groups is 2. The van der Waals surface area contributed by atoms with E-state index in [1.165, 1.54) is 0 Å². The molecule has 1 saturated heterocycles. The fourth-order valence-electron chi connectivity index (χ4n) is 2.68. The van der Waals surface area contributed by atoms with Gasteiger partial charge in [0, 0.05) is 0 Å². The first-order valence-electron chi connectivity index (χ1n) is 8.04. The highest BCUT2D eigenvalue weighted by atomic mass is 31.3. The third kappa shape index (κ3) is 5.67.